The number of ether oxygens (including phenoxy) is 2. The smallest absolute Gasteiger partial charge is 0.337 e. The van der Waals surface area contributed by atoms with Crippen molar-refractivity contribution in [1.82, 2.24) is 5.32 Å². The van der Waals surface area contributed by atoms with Crippen molar-refractivity contribution in [2.75, 3.05) is 7.11 Å². The zero-order chi connectivity index (χ0) is 24.3. The number of methoxy groups -OCH3 is 1. The van der Waals surface area contributed by atoms with E-state index in [0.29, 0.717) is 32.6 Å². The zero-order valence-corrected chi connectivity index (χ0v) is 19.5. The van der Waals surface area contributed by atoms with E-state index < -0.39 is 22.8 Å². The first-order valence-electron chi connectivity index (χ1n) is 9.76. The second kappa shape index (κ2) is 10.1. The van der Waals surface area contributed by atoms with Crippen molar-refractivity contribution in [3.63, 3.8) is 0 Å². The lowest BCUT2D eigenvalue weighted by Crippen LogP contribution is -2.32. The van der Waals surface area contributed by atoms with E-state index in [1.165, 1.54) is 25.3 Å². The van der Waals surface area contributed by atoms with Gasteiger partial charge in [-0.15, -0.1) is 0 Å². The van der Waals surface area contributed by atoms with Crippen molar-refractivity contribution in [3.05, 3.63) is 96.3 Å². The number of nitro groups is 1. The topological polar surface area (TPSA) is 108 Å². The average Bonchev–Trinajstić information content (AvgIpc) is 2.78. The van der Waals surface area contributed by atoms with Crippen molar-refractivity contribution in [2.24, 2.45) is 0 Å². The predicted molar refractivity (Wildman–Crippen MR) is 123 cm³/mol. The van der Waals surface area contributed by atoms with Crippen LogP contribution in [0.4, 0.5) is 5.69 Å². The highest BCUT2D eigenvalue weighted by molar-refractivity contribution is 6.42. The first kappa shape index (κ1) is 24.3. The predicted octanol–water partition coefficient (Wildman–Crippen LogP) is 5.05. The van der Waals surface area contributed by atoms with Gasteiger partial charge in [-0.3, -0.25) is 10.1 Å². The highest BCUT2D eigenvalue weighted by Crippen LogP contribution is 2.40. The molecular weight excluding hydrogens is 471 g/mol. The van der Waals surface area contributed by atoms with Gasteiger partial charge in [-0.05, 0) is 37.1 Å². The SMILES string of the molecule is COC(=O)C1=C(C)NC(C)=C(C(=O)OCc2ccc(Cl)c(Cl)c2)C1c1cccc([N+](=O)[O-])c1. The van der Waals surface area contributed by atoms with Gasteiger partial charge >= 0.3 is 11.9 Å². The molecule has 0 aliphatic carbocycles. The maximum absolute atomic E-state index is 13.2. The number of halogens is 2. The van der Waals surface area contributed by atoms with E-state index in [1.54, 1.807) is 38.1 Å². The van der Waals surface area contributed by atoms with Gasteiger partial charge in [0.25, 0.3) is 5.69 Å². The fraction of sp³-hybridized carbons (Fsp3) is 0.217. The van der Waals surface area contributed by atoms with Crippen LogP contribution >= 0.6 is 23.2 Å². The third-order valence-corrected chi connectivity index (χ3v) is 5.89. The van der Waals surface area contributed by atoms with Crippen molar-refractivity contribution in [1.29, 1.82) is 0 Å². The third-order valence-electron chi connectivity index (χ3n) is 5.15. The number of rotatable bonds is 6. The molecule has 8 nitrogen and oxygen atoms in total. The van der Waals surface area contributed by atoms with Gasteiger partial charge in [-0.2, -0.15) is 0 Å². The average molecular weight is 491 g/mol. The number of nitro benzene ring substituents is 1. The van der Waals surface area contributed by atoms with E-state index in [9.17, 15) is 19.7 Å². The van der Waals surface area contributed by atoms with Crippen molar-refractivity contribution >= 4 is 40.8 Å². The molecule has 2 aromatic carbocycles. The van der Waals surface area contributed by atoms with Crippen LogP contribution in [0.3, 0.4) is 0 Å². The molecule has 1 unspecified atom stereocenters. The maximum atomic E-state index is 13.2. The number of esters is 2. The Morgan fingerprint density at radius 3 is 2.30 bits per heavy atom. The molecule has 0 fully saturated rings. The molecule has 2 aromatic rings. The van der Waals surface area contributed by atoms with Gasteiger partial charge in [0.15, 0.2) is 0 Å². The summed E-state index contributed by atoms with van der Waals surface area (Å²) in [5.41, 5.74) is 2.05. The first-order valence-corrected chi connectivity index (χ1v) is 10.5. The summed E-state index contributed by atoms with van der Waals surface area (Å²) in [5.74, 6) is -2.30. The molecule has 0 saturated heterocycles. The highest BCUT2D eigenvalue weighted by Gasteiger charge is 2.38. The Kier molecular flexibility index (Phi) is 7.40. The largest absolute Gasteiger partial charge is 0.466 e. The molecule has 0 aromatic heterocycles. The number of carbonyl (C=O) groups is 2. The number of hydrogen-bond donors (Lipinski definition) is 1. The van der Waals surface area contributed by atoms with Crippen LogP contribution in [0, 0.1) is 10.1 Å². The minimum atomic E-state index is -0.931. The molecule has 172 valence electrons. The Balaban J connectivity index is 2.02. The molecule has 0 bridgehead atoms. The number of hydrogen-bond acceptors (Lipinski definition) is 7. The third kappa shape index (κ3) is 5.18. The van der Waals surface area contributed by atoms with Gasteiger partial charge in [0.1, 0.15) is 6.61 Å². The number of allylic oxidation sites excluding steroid dienone is 2. The molecule has 1 N–H and O–H groups in total. The summed E-state index contributed by atoms with van der Waals surface area (Å²) in [4.78, 5) is 36.6. The van der Waals surface area contributed by atoms with Gasteiger partial charge in [-0.1, -0.05) is 41.4 Å². The Morgan fingerprint density at radius 1 is 1.03 bits per heavy atom. The summed E-state index contributed by atoms with van der Waals surface area (Å²) in [5, 5.41) is 15.0. The quantitative estimate of drug-likeness (QED) is 0.342. The molecule has 0 spiro atoms. The van der Waals surface area contributed by atoms with Crippen LogP contribution < -0.4 is 5.32 Å². The molecule has 3 rings (SSSR count). The number of dihydropyridines is 1. The molecule has 0 radical (unpaired) electrons. The van der Waals surface area contributed by atoms with Crippen LogP contribution in [-0.4, -0.2) is 24.0 Å². The van der Waals surface area contributed by atoms with Gasteiger partial charge in [0.2, 0.25) is 0 Å². The van der Waals surface area contributed by atoms with Gasteiger partial charge in [-0.25, -0.2) is 9.59 Å². The monoisotopic (exact) mass is 490 g/mol. The van der Waals surface area contributed by atoms with Gasteiger partial charge in [0, 0.05) is 23.5 Å². The van der Waals surface area contributed by atoms with E-state index in [2.05, 4.69) is 5.32 Å². The van der Waals surface area contributed by atoms with Crippen LogP contribution in [0.15, 0.2) is 65.0 Å². The number of benzene rings is 2. The van der Waals surface area contributed by atoms with Crippen LogP contribution in [0.2, 0.25) is 10.0 Å². The molecule has 0 saturated carbocycles. The summed E-state index contributed by atoms with van der Waals surface area (Å²) in [6.07, 6.45) is 0. The Bertz CT molecular complexity index is 1210. The van der Waals surface area contributed by atoms with Crippen molar-refractivity contribution in [3.8, 4) is 0 Å². The van der Waals surface area contributed by atoms with Gasteiger partial charge in [0.05, 0.1) is 39.1 Å². The van der Waals surface area contributed by atoms with Crippen LogP contribution in [-0.2, 0) is 25.7 Å². The van der Waals surface area contributed by atoms with Crippen LogP contribution in [0.25, 0.3) is 0 Å². The number of non-ortho nitro benzene ring substituents is 1. The summed E-state index contributed by atoms with van der Waals surface area (Å²) < 4.78 is 10.4. The second-order valence-electron chi connectivity index (χ2n) is 7.30. The summed E-state index contributed by atoms with van der Waals surface area (Å²) in [7, 11) is 1.22. The lowest BCUT2D eigenvalue weighted by Gasteiger charge is -2.30. The molecule has 33 heavy (non-hydrogen) atoms. The van der Waals surface area contributed by atoms with E-state index in [-0.39, 0.29) is 23.4 Å². The highest BCUT2D eigenvalue weighted by atomic mass is 35.5. The Labute approximate surface area is 199 Å². The lowest BCUT2D eigenvalue weighted by molar-refractivity contribution is -0.384. The standard InChI is InChI=1S/C23H20Cl2N2O6/c1-12-19(22(28)32-3)21(15-5-4-6-16(10-15)27(30)31)20(13(2)26-12)23(29)33-11-14-7-8-17(24)18(25)9-14/h4-10,21,26H,11H2,1-3H3. The fourth-order valence-corrected chi connectivity index (χ4v) is 3.97. The molecule has 1 heterocycles. The number of nitrogens with one attached hydrogen (secondary N) is 1. The van der Waals surface area contributed by atoms with E-state index >= 15 is 0 Å². The summed E-state index contributed by atoms with van der Waals surface area (Å²) in [6.45, 7) is 3.24. The minimum absolute atomic E-state index is 0.0928. The Hall–Kier alpha value is -3.36. The molecule has 0 amide bonds. The van der Waals surface area contributed by atoms with E-state index in [0.717, 1.165) is 0 Å². The summed E-state index contributed by atoms with van der Waals surface area (Å²) in [6, 6.07) is 10.6. The van der Waals surface area contributed by atoms with Crippen LogP contribution in [0.5, 0.6) is 0 Å². The molecule has 1 aliphatic heterocycles. The maximum Gasteiger partial charge on any atom is 0.337 e. The van der Waals surface area contributed by atoms with Crippen molar-refractivity contribution < 1.29 is 24.0 Å². The lowest BCUT2D eigenvalue weighted by atomic mass is 9.80. The fourth-order valence-electron chi connectivity index (χ4n) is 3.65. The van der Waals surface area contributed by atoms with Crippen molar-refractivity contribution in [2.45, 2.75) is 26.4 Å². The second-order valence-corrected chi connectivity index (χ2v) is 8.12. The molecule has 1 aliphatic rings. The summed E-state index contributed by atoms with van der Waals surface area (Å²) >= 11 is 12.0. The van der Waals surface area contributed by atoms with Crippen LogP contribution in [0.1, 0.15) is 30.9 Å². The van der Waals surface area contributed by atoms with Gasteiger partial charge < -0.3 is 14.8 Å². The minimum Gasteiger partial charge on any atom is -0.466 e. The molecular formula is C23H20Cl2N2O6. The van der Waals surface area contributed by atoms with E-state index in [1.807, 2.05) is 0 Å². The van der Waals surface area contributed by atoms with E-state index in [4.69, 9.17) is 32.7 Å². The molecule has 10 heteroatoms. The number of nitrogens with zero attached hydrogens (tertiary/aromatic N) is 1. The Morgan fingerprint density at radius 2 is 1.70 bits per heavy atom. The zero-order valence-electron chi connectivity index (χ0n) is 18.0. The first-order chi connectivity index (χ1) is 15.6. The normalized spacial score (nSPS) is 15.7. The number of carbonyl (C=O) groups excluding carboxylic acids is 2. The molecule has 1 atom stereocenters.